The maximum atomic E-state index is 13.4. The molecule has 0 spiro atoms. The molecule has 0 saturated carbocycles. The van der Waals surface area contributed by atoms with Crippen LogP contribution >= 0.6 is 11.6 Å². The molecule has 0 aliphatic carbocycles. The van der Waals surface area contributed by atoms with E-state index in [2.05, 4.69) is 0 Å². The number of hydrogen-bond acceptors (Lipinski definition) is 3. The fraction of sp³-hybridized carbons (Fsp3) is 0.300. The minimum atomic E-state index is -4.06. The lowest BCUT2D eigenvalue weighted by Gasteiger charge is -2.18. The molecule has 2 N–H and O–H groups in total. The first kappa shape index (κ1) is 15.7. The highest BCUT2D eigenvalue weighted by atomic mass is 35.5. The summed E-state index contributed by atoms with van der Waals surface area (Å²) in [4.78, 5) is 10.4. The number of nitrogens with one attached hydrogen (secondary N) is 1. The molecule has 0 saturated heterocycles. The van der Waals surface area contributed by atoms with E-state index in [0.29, 0.717) is 0 Å². The van der Waals surface area contributed by atoms with Crippen molar-refractivity contribution in [2.75, 3.05) is 18.3 Å². The van der Waals surface area contributed by atoms with Gasteiger partial charge in [-0.1, -0.05) is 17.7 Å². The van der Waals surface area contributed by atoms with Gasteiger partial charge in [-0.2, -0.15) is 12.7 Å². The number of rotatable bonds is 6. The summed E-state index contributed by atoms with van der Waals surface area (Å²) in [7, 11) is -2.88. The van der Waals surface area contributed by atoms with Crippen LogP contribution in [0.2, 0.25) is 5.02 Å². The molecular formula is C10H12ClFN2O4S. The molecule has 0 aliphatic heterocycles. The number of nitrogens with zero attached hydrogens (tertiary/aromatic N) is 1. The van der Waals surface area contributed by atoms with Crippen LogP contribution in [0.1, 0.15) is 6.42 Å². The molecule has 0 aliphatic rings. The summed E-state index contributed by atoms with van der Waals surface area (Å²) < 4.78 is 39.8. The lowest BCUT2D eigenvalue weighted by Crippen LogP contribution is -2.34. The van der Waals surface area contributed by atoms with Crippen molar-refractivity contribution in [2.45, 2.75) is 6.42 Å². The summed E-state index contributed by atoms with van der Waals surface area (Å²) in [6.45, 7) is -0.239. The Bertz CT molecular complexity index is 559. The van der Waals surface area contributed by atoms with Crippen molar-refractivity contribution in [3.8, 4) is 0 Å². The van der Waals surface area contributed by atoms with Crippen LogP contribution in [-0.4, -0.2) is 37.4 Å². The van der Waals surface area contributed by atoms with Gasteiger partial charge in [0.2, 0.25) is 0 Å². The second-order valence-electron chi connectivity index (χ2n) is 3.67. The molecule has 0 heterocycles. The van der Waals surface area contributed by atoms with Crippen molar-refractivity contribution in [3.05, 3.63) is 29.0 Å². The molecule has 1 aromatic rings. The average Bonchev–Trinajstić information content (AvgIpc) is 2.31. The van der Waals surface area contributed by atoms with Crippen molar-refractivity contribution < 1.29 is 22.7 Å². The number of para-hydroxylation sites is 1. The summed E-state index contributed by atoms with van der Waals surface area (Å²) >= 11 is 5.69. The Morgan fingerprint density at radius 1 is 1.53 bits per heavy atom. The zero-order valence-electron chi connectivity index (χ0n) is 9.93. The Morgan fingerprint density at radius 2 is 2.16 bits per heavy atom. The third-order valence-electron chi connectivity index (χ3n) is 2.24. The van der Waals surface area contributed by atoms with Gasteiger partial charge in [-0.05, 0) is 12.1 Å². The molecule has 0 atom stereocenters. The van der Waals surface area contributed by atoms with Crippen LogP contribution in [0.15, 0.2) is 18.2 Å². The van der Waals surface area contributed by atoms with E-state index in [-0.39, 0.29) is 23.7 Å². The normalized spacial score (nSPS) is 11.6. The van der Waals surface area contributed by atoms with Gasteiger partial charge in [0.25, 0.3) is 0 Å². The Labute approximate surface area is 115 Å². The SMILES string of the molecule is CN(CCC(=O)O)S(=O)(=O)Nc1c(F)cccc1Cl. The summed E-state index contributed by atoms with van der Waals surface area (Å²) in [5.41, 5.74) is -0.369. The Kier molecular flexibility index (Phi) is 5.10. The summed E-state index contributed by atoms with van der Waals surface area (Å²) in [6, 6.07) is 3.73. The zero-order valence-corrected chi connectivity index (χ0v) is 11.5. The molecule has 0 radical (unpaired) electrons. The van der Waals surface area contributed by atoms with Gasteiger partial charge < -0.3 is 5.11 Å². The Balaban J connectivity index is 2.88. The number of anilines is 1. The predicted octanol–water partition coefficient (Wildman–Crippen LogP) is 1.54. The molecular weight excluding hydrogens is 299 g/mol. The highest BCUT2D eigenvalue weighted by Crippen LogP contribution is 2.26. The molecule has 0 amide bonds. The van der Waals surface area contributed by atoms with Crippen molar-refractivity contribution in [3.63, 3.8) is 0 Å². The molecule has 0 fully saturated rings. The monoisotopic (exact) mass is 310 g/mol. The third kappa shape index (κ3) is 4.34. The number of carbonyl (C=O) groups is 1. The number of halogens is 2. The van der Waals surface area contributed by atoms with E-state index in [1.54, 1.807) is 0 Å². The molecule has 0 unspecified atom stereocenters. The second-order valence-corrected chi connectivity index (χ2v) is 5.85. The van der Waals surface area contributed by atoms with E-state index < -0.39 is 22.0 Å². The maximum Gasteiger partial charge on any atom is 0.304 e. The minimum Gasteiger partial charge on any atom is -0.481 e. The number of carboxylic acids is 1. The first-order chi connectivity index (χ1) is 8.74. The molecule has 0 aromatic heterocycles. The molecule has 6 nitrogen and oxygen atoms in total. The van der Waals surface area contributed by atoms with Crippen molar-refractivity contribution in [1.82, 2.24) is 4.31 Å². The van der Waals surface area contributed by atoms with Crippen LogP contribution in [0.5, 0.6) is 0 Å². The van der Waals surface area contributed by atoms with E-state index >= 15 is 0 Å². The van der Waals surface area contributed by atoms with Gasteiger partial charge >= 0.3 is 16.2 Å². The number of hydrogen-bond donors (Lipinski definition) is 2. The standard InChI is InChI=1S/C10H12ClFN2O4S/c1-14(6-5-9(15)16)19(17,18)13-10-7(11)3-2-4-8(10)12/h2-4,13H,5-6H2,1H3,(H,15,16). The first-order valence-electron chi connectivity index (χ1n) is 5.14. The highest BCUT2D eigenvalue weighted by Gasteiger charge is 2.21. The molecule has 9 heteroatoms. The van der Waals surface area contributed by atoms with Crippen molar-refractivity contribution in [1.29, 1.82) is 0 Å². The van der Waals surface area contributed by atoms with Crippen LogP contribution in [-0.2, 0) is 15.0 Å². The number of aliphatic carboxylic acids is 1. The van der Waals surface area contributed by atoms with Gasteiger partial charge in [0.1, 0.15) is 11.5 Å². The first-order valence-corrected chi connectivity index (χ1v) is 6.95. The van der Waals surface area contributed by atoms with Crippen molar-refractivity contribution in [2.24, 2.45) is 0 Å². The Morgan fingerprint density at radius 3 is 2.68 bits per heavy atom. The average molecular weight is 311 g/mol. The Hall–Kier alpha value is -1.38. The summed E-state index contributed by atoms with van der Waals surface area (Å²) in [5.74, 6) is -1.95. The van der Waals surface area contributed by atoms with E-state index in [1.165, 1.54) is 19.2 Å². The number of carboxylic acid groups (broad SMARTS) is 1. The van der Waals surface area contributed by atoms with E-state index in [4.69, 9.17) is 16.7 Å². The number of benzene rings is 1. The van der Waals surface area contributed by atoms with Crippen LogP contribution in [0.4, 0.5) is 10.1 Å². The minimum absolute atomic E-state index is 0.0878. The van der Waals surface area contributed by atoms with Crippen LogP contribution in [0.25, 0.3) is 0 Å². The largest absolute Gasteiger partial charge is 0.481 e. The van der Waals surface area contributed by atoms with Gasteiger partial charge in [-0.3, -0.25) is 9.52 Å². The van der Waals surface area contributed by atoms with Gasteiger partial charge in [-0.25, -0.2) is 4.39 Å². The van der Waals surface area contributed by atoms with Crippen LogP contribution in [0.3, 0.4) is 0 Å². The molecule has 106 valence electrons. The smallest absolute Gasteiger partial charge is 0.304 e. The van der Waals surface area contributed by atoms with Gasteiger partial charge in [0.15, 0.2) is 0 Å². The molecule has 0 bridgehead atoms. The van der Waals surface area contributed by atoms with Crippen molar-refractivity contribution >= 4 is 33.5 Å². The molecule has 1 rings (SSSR count). The van der Waals surface area contributed by atoms with Gasteiger partial charge in [0, 0.05) is 13.6 Å². The maximum absolute atomic E-state index is 13.4. The lowest BCUT2D eigenvalue weighted by atomic mass is 10.3. The summed E-state index contributed by atoms with van der Waals surface area (Å²) in [6.07, 6.45) is -0.359. The van der Waals surface area contributed by atoms with Crippen LogP contribution < -0.4 is 4.72 Å². The fourth-order valence-corrected chi connectivity index (χ4v) is 2.39. The van der Waals surface area contributed by atoms with E-state index in [9.17, 15) is 17.6 Å². The lowest BCUT2D eigenvalue weighted by molar-refractivity contribution is -0.137. The van der Waals surface area contributed by atoms with Crippen LogP contribution in [0, 0.1) is 5.82 Å². The second kappa shape index (κ2) is 6.18. The van der Waals surface area contributed by atoms with E-state index in [0.717, 1.165) is 10.4 Å². The van der Waals surface area contributed by atoms with Gasteiger partial charge in [-0.15, -0.1) is 0 Å². The quantitative estimate of drug-likeness (QED) is 0.834. The van der Waals surface area contributed by atoms with Gasteiger partial charge in [0.05, 0.1) is 11.4 Å². The predicted molar refractivity (Wildman–Crippen MR) is 68.8 cm³/mol. The summed E-state index contributed by atoms with van der Waals surface area (Å²) in [5, 5.41) is 8.40. The topological polar surface area (TPSA) is 86.7 Å². The molecule has 19 heavy (non-hydrogen) atoms. The highest BCUT2D eigenvalue weighted by molar-refractivity contribution is 7.90. The van der Waals surface area contributed by atoms with E-state index in [1.807, 2.05) is 4.72 Å². The third-order valence-corrected chi connectivity index (χ3v) is 4.02. The zero-order chi connectivity index (χ0) is 14.6. The molecule has 1 aromatic carbocycles. The fourth-order valence-electron chi connectivity index (χ4n) is 1.18.